The molecule has 2 nitrogen and oxygen atoms in total. The van der Waals surface area contributed by atoms with Crippen molar-refractivity contribution in [2.24, 2.45) is 0 Å². The van der Waals surface area contributed by atoms with Crippen LogP contribution < -0.4 is 12.4 Å². The minimum atomic E-state index is 0. The fourth-order valence-electron chi connectivity index (χ4n) is 0.425. The molecular formula is C5H3Cl3MgN2S. The van der Waals surface area contributed by atoms with Gasteiger partial charge < -0.3 is 18.5 Å². The molecule has 0 aliphatic rings. The Morgan fingerprint density at radius 3 is 2.00 bits per heavy atom. The molecule has 0 radical (unpaired) electrons. The summed E-state index contributed by atoms with van der Waals surface area (Å²) in [6.45, 7) is 0. The summed E-state index contributed by atoms with van der Waals surface area (Å²) in [6.07, 6.45) is 1.85. The van der Waals surface area contributed by atoms with Crippen LogP contribution in [0.1, 0.15) is 0 Å². The smallest absolute Gasteiger partial charge is 1.00 e. The first-order valence-corrected chi connectivity index (χ1v) is 4.37. The van der Waals surface area contributed by atoms with E-state index in [9.17, 15) is 0 Å². The molecule has 0 aromatic carbocycles. The minimum Gasteiger partial charge on any atom is -1.00 e. The molecule has 0 unspecified atom stereocenters. The molecule has 0 bridgehead atoms. The number of aromatic nitrogens is 2. The quantitative estimate of drug-likeness (QED) is 0.210. The van der Waals surface area contributed by atoms with Crippen molar-refractivity contribution in [1.29, 1.82) is 0 Å². The van der Waals surface area contributed by atoms with Crippen LogP contribution in [0.5, 0.6) is 0 Å². The third-order valence-corrected chi connectivity index (χ3v) is 1.68. The van der Waals surface area contributed by atoms with E-state index >= 15 is 0 Å². The van der Waals surface area contributed by atoms with Gasteiger partial charge in [-0.3, -0.25) is 0 Å². The number of nitrogens with zero attached hydrogens (tertiary/aromatic N) is 2. The summed E-state index contributed by atoms with van der Waals surface area (Å²) in [5.41, 5.74) is 0. The van der Waals surface area contributed by atoms with Crippen LogP contribution in [0.2, 0.25) is 10.3 Å². The Labute approximate surface area is 107 Å². The zero-order valence-electron chi connectivity index (χ0n) is 6.14. The molecule has 62 valence electrons. The summed E-state index contributed by atoms with van der Waals surface area (Å²) in [4.78, 5) is 7.66. The second-order valence-corrected chi connectivity index (χ2v) is 2.91. The molecule has 0 aliphatic heterocycles. The molecule has 1 aromatic heterocycles. The second-order valence-electron chi connectivity index (χ2n) is 1.42. The van der Waals surface area contributed by atoms with Gasteiger partial charge in [-0.25, -0.2) is 9.97 Å². The molecule has 0 saturated carbocycles. The van der Waals surface area contributed by atoms with Crippen molar-refractivity contribution in [1.82, 2.24) is 9.97 Å². The van der Waals surface area contributed by atoms with Crippen molar-refractivity contribution < 1.29 is 12.4 Å². The molecule has 1 rings (SSSR count). The molecule has 7 heteroatoms. The Bertz CT molecular complexity index is 228. The standard InChI is InChI=1S/C5H3Cl2N2S.ClH.Mg/c1-10-5-8-3(6)2-4(7)9-5;;/h1H3;1H;/q-1;;+2/p-1. The first-order valence-electron chi connectivity index (χ1n) is 2.38. The molecule has 0 amide bonds. The third-order valence-electron chi connectivity index (χ3n) is 0.776. The van der Waals surface area contributed by atoms with Crippen LogP contribution >= 0.6 is 35.0 Å². The van der Waals surface area contributed by atoms with Crippen LogP contribution in [0.25, 0.3) is 0 Å². The van der Waals surface area contributed by atoms with Gasteiger partial charge in [0.25, 0.3) is 0 Å². The summed E-state index contributed by atoms with van der Waals surface area (Å²) < 4.78 is 0. The number of hydrogen-bond donors (Lipinski definition) is 0. The van der Waals surface area contributed by atoms with Gasteiger partial charge >= 0.3 is 23.1 Å². The number of halogens is 3. The largest absolute Gasteiger partial charge is 2.00 e. The van der Waals surface area contributed by atoms with Crippen LogP contribution in [0, 0.1) is 6.07 Å². The van der Waals surface area contributed by atoms with Gasteiger partial charge in [-0.2, -0.15) is 0 Å². The van der Waals surface area contributed by atoms with Crippen LogP contribution in [0.4, 0.5) is 0 Å². The summed E-state index contributed by atoms with van der Waals surface area (Å²) in [6, 6.07) is 2.54. The van der Waals surface area contributed by atoms with Crippen LogP contribution in [0.15, 0.2) is 5.16 Å². The van der Waals surface area contributed by atoms with Crippen LogP contribution in [-0.2, 0) is 0 Å². The Morgan fingerprint density at radius 2 is 1.67 bits per heavy atom. The van der Waals surface area contributed by atoms with E-state index in [0.29, 0.717) is 5.16 Å². The van der Waals surface area contributed by atoms with E-state index in [-0.39, 0.29) is 45.8 Å². The summed E-state index contributed by atoms with van der Waals surface area (Å²) >= 11 is 12.4. The van der Waals surface area contributed by atoms with Gasteiger partial charge in [-0.05, 0) is 16.6 Å². The maximum atomic E-state index is 5.52. The predicted octanol–water partition coefficient (Wildman–Crippen LogP) is -1.07. The van der Waals surface area contributed by atoms with Crippen LogP contribution in [0.3, 0.4) is 0 Å². The monoisotopic (exact) mass is 252 g/mol. The van der Waals surface area contributed by atoms with Gasteiger partial charge in [0.15, 0.2) is 5.16 Å². The first-order chi connectivity index (χ1) is 4.72. The topological polar surface area (TPSA) is 25.8 Å². The average Bonchev–Trinajstić information content (AvgIpc) is 1.85. The van der Waals surface area contributed by atoms with Crippen molar-refractivity contribution in [3.8, 4) is 0 Å². The van der Waals surface area contributed by atoms with Crippen molar-refractivity contribution in [2.75, 3.05) is 6.26 Å². The van der Waals surface area contributed by atoms with Gasteiger partial charge in [-0.15, -0.1) is 23.2 Å². The second kappa shape index (κ2) is 7.47. The van der Waals surface area contributed by atoms with E-state index in [4.69, 9.17) is 23.2 Å². The van der Waals surface area contributed by atoms with E-state index < -0.39 is 0 Å². The summed E-state index contributed by atoms with van der Waals surface area (Å²) in [7, 11) is 0. The van der Waals surface area contributed by atoms with Gasteiger partial charge in [0.1, 0.15) is 0 Å². The summed E-state index contributed by atoms with van der Waals surface area (Å²) in [5, 5.41) is 1.07. The van der Waals surface area contributed by atoms with Crippen molar-refractivity contribution >= 4 is 58.0 Å². The molecule has 0 N–H and O–H groups in total. The number of thioether (sulfide) groups is 1. The fraction of sp³-hybridized carbons (Fsp3) is 0.200. The molecule has 0 atom stereocenters. The normalized spacial score (nSPS) is 8.25. The van der Waals surface area contributed by atoms with Crippen molar-refractivity contribution in [2.45, 2.75) is 5.16 Å². The molecule has 1 heterocycles. The van der Waals surface area contributed by atoms with E-state index in [0.717, 1.165) is 0 Å². The third kappa shape index (κ3) is 4.94. The summed E-state index contributed by atoms with van der Waals surface area (Å²) in [5.74, 6) is 0. The molecule has 0 fully saturated rings. The van der Waals surface area contributed by atoms with E-state index in [2.05, 4.69) is 16.0 Å². The van der Waals surface area contributed by atoms with Crippen molar-refractivity contribution in [3.05, 3.63) is 16.4 Å². The Balaban J connectivity index is 0. The molecule has 1 aromatic rings. The van der Waals surface area contributed by atoms with Crippen LogP contribution in [-0.4, -0.2) is 39.3 Å². The molecule has 0 spiro atoms. The van der Waals surface area contributed by atoms with Gasteiger partial charge in [0.05, 0.1) is 0 Å². The molecule has 12 heavy (non-hydrogen) atoms. The average molecular weight is 254 g/mol. The first kappa shape index (κ1) is 15.5. The SMILES string of the molecule is CSc1nc(Cl)[c-]c(Cl)n1.[Cl-].[Mg+2]. The van der Waals surface area contributed by atoms with E-state index in [1.807, 2.05) is 6.26 Å². The zero-order chi connectivity index (χ0) is 7.56. The molecule has 0 saturated heterocycles. The maximum Gasteiger partial charge on any atom is 2.00 e. The van der Waals surface area contributed by atoms with E-state index in [1.54, 1.807) is 0 Å². The number of rotatable bonds is 1. The van der Waals surface area contributed by atoms with E-state index in [1.165, 1.54) is 11.8 Å². The Hall–Kier alpha value is 1.07. The predicted molar refractivity (Wildman–Crippen MR) is 48.4 cm³/mol. The zero-order valence-corrected chi connectivity index (χ0v) is 10.6. The fourth-order valence-corrected chi connectivity index (χ4v) is 1.28. The van der Waals surface area contributed by atoms with Gasteiger partial charge in [0, 0.05) is 0 Å². The Kier molecular flexibility index (Phi) is 9.67. The minimum absolute atomic E-state index is 0. The molecule has 0 aliphatic carbocycles. The van der Waals surface area contributed by atoms with Crippen molar-refractivity contribution in [3.63, 3.8) is 0 Å². The molecular weight excluding hydrogens is 251 g/mol. The number of hydrogen-bond acceptors (Lipinski definition) is 3. The maximum absolute atomic E-state index is 5.52. The Morgan fingerprint density at radius 1 is 1.25 bits per heavy atom. The van der Waals surface area contributed by atoms with Gasteiger partial charge in [0.2, 0.25) is 0 Å². The van der Waals surface area contributed by atoms with Gasteiger partial charge in [-0.1, -0.05) is 11.8 Å².